The molecule has 7 nitrogen and oxygen atoms in total. The van der Waals surface area contributed by atoms with Crippen LogP contribution in [0.1, 0.15) is 0 Å². The van der Waals surface area contributed by atoms with Gasteiger partial charge in [0.1, 0.15) is 5.60 Å². The molecule has 2 saturated heterocycles. The minimum absolute atomic E-state index is 0.0269. The molecule has 2 aliphatic heterocycles. The van der Waals surface area contributed by atoms with Crippen LogP contribution in [0.15, 0.2) is 0 Å². The van der Waals surface area contributed by atoms with E-state index in [1.54, 1.807) is 14.2 Å². The number of amides is 1. The van der Waals surface area contributed by atoms with Crippen molar-refractivity contribution in [2.45, 2.75) is 5.60 Å². The maximum Gasteiger partial charge on any atom is 0.233 e. The van der Waals surface area contributed by atoms with Gasteiger partial charge in [0.25, 0.3) is 0 Å². The van der Waals surface area contributed by atoms with Crippen molar-refractivity contribution in [2.24, 2.45) is 0 Å². The van der Waals surface area contributed by atoms with Gasteiger partial charge in [-0.15, -0.1) is 0 Å². The maximum atomic E-state index is 11.6. The molecule has 0 bridgehead atoms. The van der Waals surface area contributed by atoms with Gasteiger partial charge in [0, 0.05) is 46.9 Å². The Balaban J connectivity index is 1.96. The molecule has 7 heteroatoms. The first-order chi connectivity index (χ1) is 10.2. The lowest BCUT2D eigenvalue weighted by Gasteiger charge is -2.43. The fourth-order valence-electron chi connectivity index (χ4n) is 2.92. The smallest absolute Gasteiger partial charge is 0.233 e. The second-order valence-electron chi connectivity index (χ2n) is 5.74. The Kier molecular flexibility index (Phi) is 6.38. The number of ether oxygens (including phenoxy) is 3. The van der Waals surface area contributed by atoms with Crippen LogP contribution in [0.2, 0.25) is 0 Å². The average molecular weight is 301 g/mol. The molecule has 2 aliphatic rings. The van der Waals surface area contributed by atoms with E-state index < -0.39 is 0 Å². The summed E-state index contributed by atoms with van der Waals surface area (Å²) < 4.78 is 16.9. The van der Waals surface area contributed by atoms with Crippen molar-refractivity contribution < 1.29 is 19.0 Å². The second kappa shape index (κ2) is 8.05. The zero-order valence-corrected chi connectivity index (χ0v) is 13.1. The Labute approximate surface area is 126 Å². The molecule has 0 aromatic heterocycles. The standard InChI is InChI=1S/C14H27N3O4/c1-15-13(18)9-17-4-7-20-12-14(11-17)10-16(3-6-19-2)5-8-21-14/h3-12H2,1-2H3,(H,15,18). The highest BCUT2D eigenvalue weighted by Crippen LogP contribution is 2.22. The van der Waals surface area contributed by atoms with Crippen LogP contribution < -0.4 is 5.32 Å². The highest BCUT2D eigenvalue weighted by Gasteiger charge is 2.40. The minimum Gasteiger partial charge on any atom is -0.383 e. The van der Waals surface area contributed by atoms with E-state index in [2.05, 4.69) is 15.1 Å². The molecule has 0 aromatic carbocycles. The van der Waals surface area contributed by atoms with Crippen molar-refractivity contribution in [1.82, 2.24) is 15.1 Å². The summed E-state index contributed by atoms with van der Waals surface area (Å²) in [6, 6.07) is 0. The molecule has 21 heavy (non-hydrogen) atoms. The lowest BCUT2D eigenvalue weighted by molar-refractivity contribution is -0.144. The molecule has 0 saturated carbocycles. The van der Waals surface area contributed by atoms with E-state index in [4.69, 9.17) is 14.2 Å². The number of morpholine rings is 1. The van der Waals surface area contributed by atoms with Crippen LogP contribution in [-0.4, -0.2) is 101 Å². The first kappa shape index (κ1) is 16.6. The first-order valence-electron chi connectivity index (χ1n) is 7.53. The number of rotatable bonds is 5. The zero-order valence-electron chi connectivity index (χ0n) is 13.1. The van der Waals surface area contributed by atoms with E-state index in [1.807, 2.05) is 0 Å². The summed E-state index contributed by atoms with van der Waals surface area (Å²) in [5.74, 6) is 0.0269. The molecule has 2 heterocycles. The summed E-state index contributed by atoms with van der Waals surface area (Å²) in [6.07, 6.45) is 0. The monoisotopic (exact) mass is 301 g/mol. The average Bonchev–Trinajstić information content (AvgIpc) is 2.67. The molecular weight excluding hydrogens is 274 g/mol. The van der Waals surface area contributed by atoms with E-state index >= 15 is 0 Å². The van der Waals surface area contributed by atoms with E-state index in [9.17, 15) is 4.79 Å². The van der Waals surface area contributed by atoms with Crippen LogP contribution in [0.4, 0.5) is 0 Å². The van der Waals surface area contributed by atoms with Gasteiger partial charge in [0.2, 0.25) is 5.91 Å². The van der Waals surface area contributed by atoms with Crippen molar-refractivity contribution in [1.29, 1.82) is 0 Å². The molecule has 122 valence electrons. The molecule has 1 unspecified atom stereocenters. The van der Waals surface area contributed by atoms with Crippen molar-refractivity contribution >= 4 is 5.91 Å². The van der Waals surface area contributed by atoms with Crippen molar-refractivity contribution in [3.8, 4) is 0 Å². The SMILES string of the molecule is CNC(=O)CN1CCOCC2(CN(CCOC)CCO2)C1. The highest BCUT2D eigenvalue weighted by atomic mass is 16.5. The molecule has 1 amide bonds. The van der Waals surface area contributed by atoms with Crippen LogP contribution in [0.3, 0.4) is 0 Å². The van der Waals surface area contributed by atoms with Gasteiger partial charge in [-0.2, -0.15) is 0 Å². The van der Waals surface area contributed by atoms with E-state index in [0.29, 0.717) is 26.4 Å². The molecular formula is C14H27N3O4. The van der Waals surface area contributed by atoms with Crippen molar-refractivity contribution in [3.63, 3.8) is 0 Å². The number of carbonyl (C=O) groups is 1. The number of nitrogens with zero attached hydrogens (tertiary/aromatic N) is 2. The zero-order chi connectivity index (χ0) is 15.1. The molecule has 0 aliphatic carbocycles. The molecule has 0 aromatic rings. The van der Waals surface area contributed by atoms with Gasteiger partial charge in [-0.1, -0.05) is 0 Å². The highest BCUT2D eigenvalue weighted by molar-refractivity contribution is 5.77. The number of carbonyl (C=O) groups excluding carboxylic acids is 1. The summed E-state index contributed by atoms with van der Waals surface area (Å²) in [6.45, 7) is 7.16. The Morgan fingerprint density at radius 2 is 2.05 bits per heavy atom. The fourth-order valence-corrected chi connectivity index (χ4v) is 2.92. The summed E-state index contributed by atoms with van der Waals surface area (Å²) in [5, 5.41) is 2.67. The predicted molar refractivity (Wildman–Crippen MR) is 78.3 cm³/mol. The van der Waals surface area contributed by atoms with Gasteiger partial charge in [0.05, 0.1) is 33.0 Å². The van der Waals surface area contributed by atoms with E-state index in [-0.39, 0.29) is 11.5 Å². The molecule has 2 rings (SSSR count). The van der Waals surface area contributed by atoms with Gasteiger partial charge >= 0.3 is 0 Å². The normalized spacial score (nSPS) is 28.5. The van der Waals surface area contributed by atoms with Gasteiger partial charge in [-0.05, 0) is 0 Å². The summed E-state index contributed by atoms with van der Waals surface area (Å²) in [4.78, 5) is 16.1. The largest absolute Gasteiger partial charge is 0.383 e. The second-order valence-corrected chi connectivity index (χ2v) is 5.74. The van der Waals surface area contributed by atoms with Crippen LogP contribution in [0.25, 0.3) is 0 Å². The lowest BCUT2D eigenvalue weighted by atomic mass is 10.0. The van der Waals surface area contributed by atoms with E-state index in [1.165, 1.54) is 0 Å². The number of likely N-dealkylation sites (N-methyl/N-ethyl adjacent to an activating group) is 1. The fraction of sp³-hybridized carbons (Fsp3) is 0.929. The van der Waals surface area contributed by atoms with Crippen LogP contribution in [0.5, 0.6) is 0 Å². The predicted octanol–water partition coefficient (Wildman–Crippen LogP) is -1.22. The van der Waals surface area contributed by atoms with Gasteiger partial charge in [-0.3, -0.25) is 14.6 Å². The maximum absolute atomic E-state index is 11.6. The summed E-state index contributed by atoms with van der Waals surface area (Å²) in [5.41, 5.74) is -0.337. The van der Waals surface area contributed by atoms with Crippen molar-refractivity contribution in [3.05, 3.63) is 0 Å². The molecule has 2 fully saturated rings. The van der Waals surface area contributed by atoms with Gasteiger partial charge in [-0.25, -0.2) is 0 Å². The van der Waals surface area contributed by atoms with Crippen LogP contribution >= 0.6 is 0 Å². The third-order valence-corrected chi connectivity index (χ3v) is 4.01. The lowest BCUT2D eigenvalue weighted by Crippen LogP contribution is -2.59. The Morgan fingerprint density at radius 3 is 2.81 bits per heavy atom. The topological polar surface area (TPSA) is 63.3 Å². The van der Waals surface area contributed by atoms with E-state index in [0.717, 1.165) is 39.3 Å². The quantitative estimate of drug-likeness (QED) is 0.687. The molecule has 0 radical (unpaired) electrons. The molecule has 1 atom stereocenters. The third-order valence-electron chi connectivity index (χ3n) is 4.01. The summed E-state index contributed by atoms with van der Waals surface area (Å²) in [7, 11) is 3.38. The van der Waals surface area contributed by atoms with Crippen LogP contribution in [-0.2, 0) is 19.0 Å². The van der Waals surface area contributed by atoms with Gasteiger partial charge < -0.3 is 19.5 Å². The van der Waals surface area contributed by atoms with Crippen molar-refractivity contribution in [2.75, 3.05) is 79.9 Å². The minimum atomic E-state index is -0.337. The number of methoxy groups -OCH3 is 1. The Bertz CT molecular complexity index is 342. The third kappa shape index (κ3) is 4.89. The molecule has 1 spiro atoms. The Hall–Kier alpha value is -0.730. The first-order valence-corrected chi connectivity index (χ1v) is 7.53. The number of nitrogens with one attached hydrogen (secondary N) is 1. The summed E-state index contributed by atoms with van der Waals surface area (Å²) >= 11 is 0. The van der Waals surface area contributed by atoms with Gasteiger partial charge in [0.15, 0.2) is 0 Å². The Morgan fingerprint density at radius 1 is 1.29 bits per heavy atom. The number of hydrogen-bond acceptors (Lipinski definition) is 6. The molecule has 1 N–H and O–H groups in total. The number of hydrogen-bond donors (Lipinski definition) is 1. The van der Waals surface area contributed by atoms with Crippen LogP contribution in [0, 0.1) is 0 Å².